The Kier molecular flexibility index (Phi) is 3.54. The van der Waals surface area contributed by atoms with Crippen molar-refractivity contribution in [3.63, 3.8) is 0 Å². The van der Waals surface area contributed by atoms with Gasteiger partial charge in [-0.1, -0.05) is 23.7 Å². The number of halogens is 1. The van der Waals surface area contributed by atoms with Gasteiger partial charge in [0.15, 0.2) is 0 Å². The fourth-order valence-electron chi connectivity index (χ4n) is 2.84. The lowest BCUT2D eigenvalue weighted by Gasteiger charge is -2.31. The molecule has 0 atom stereocenters. The Labute approximate surface area is 139 Å². The van der Waals surface area contributed by atoms with Gasteiger partial charge >= 0.3 is 0 Å². The van der Waals surface area contributed by atoms with Crippen LogP contribution < -0.4 is 0 Å². The lowest BCUT2D eigenvalue weighted by Crippen LogP contribution is -2.43. The first-order valence-electron chi connectivity index (χ1n) is 7.69. The van der Waals surface area contributed by atoms with Gasteiger partial charge in [0.1, 0.15) is 6.54 Å². The molecule has 0 radical (unpaired) electrons. The zero-order valence-corrected chi connectivity index (χ0v) is 13.3. The summed E-state index contributed by atoms with van der Waals surface area (Å²) in [7, 11) is 0. The van der Waals surface area contributed by atoms with E-state index in [0.29, 0.717) is 11.6 Å². The van der Waals surface area contributed by atoms with Crippen molar-refractivity contribution < 1.29 is 4.79 Å². The van der Waals surface area contributed by atoms with Gasteiger partial charge < -0.3 is 9.47 Å². The van der Waals surface area contributed by atoms with Crippen molar-refractivity contribution in [3.05, 3.63) is 53.8 Å². The van der Waals surface area contributed by atoms with Crippen molar-refractivity contribution in [2.45, 2.75) is 13.0 Å². The molecule has 1 amide bonds. The lowest BCUT2D eigenvalue weighted by atomic mass is 10.1. The predicted molar refractivity (Wildman–Crippen MR) is 91.4 cm³/mol. The summed E-state index contributed by atoms with van der Waals surface area (Å²) >= 11 is 6.07. The number of amides is 1. The highest BCUT2D eigenvalue weighted by Crippen LogP contribution is 2.25. The molecule has 23 heavy (non-hydrogen) atoms. The maximum absolute atomic E-state index is 12.2. The van der Waals surface area contributed by atoms with Gasteiger partial charge in [0.25, 0.3) is 0 Å². The highest BCUT2D eigenvalue weighted by Gasteiger charge is 2.20. The fourth-order valence-corrected chi connectivity index (χ4v) is 3.03. The molecule has 1 saturated heterocycles. The molecule has 3 aromatic rings. The van der Waals surface area contributed by atoms with Gasteiger partial charge in [0.05, 0.1) is 11.0 Å². The van der Waals surface area contributed by atoms with E-state index in [4.69, 9.17) is 11.6 Å². The third-order valence-electron chi connectivity index (χ3n) is 4.29. The van der Waals surface area contributed by atoms with Crippen LogP contribution in [0.1, 0.15) is 6.42 Å². The average Bonchev–Trinajstić information content (AvgIpc) is 2.88. The molecular formula is C18H16ClN3O. The largest absolute Gasteiger partial charge is 0.341 e. The molecule has 1 aliphatic rings. The van der Waals surface area contributed by atoms with Crippen molar-refractivity contribution in [2.24, 2.45) is 0 Å². The molecule has 4 nitrogen and oxygen atoms in total. The van der Waals surface area contributed by atoms with Gasteiger partial charge in [0, 0.05) is 36.1 Å². The number of likely N-dealkylation sites (tertiary alicyclic amines) is 1. The number of nitrogens with zero attached hydrogens (tertiary/aromatic N) is 3. The number of fused-ring (bicyclic) bond motifs is 1. The van der Waals surface area contributed by atoms with Crippen LogP contribution in [0.25, 0.3) is 22.2 Å². The van der Waals surface area contributed by atoms with E-state index >= 15 is 0 Å². The molecule has 1 fully saturated rings. The molecule has 1 aromatic carbocycles. The number of benzene rings is 1. The zero-order chi connectivity index (χ0) is 15.8. The van der Waals surface area contributed by atoms with E-state index in [-0.39, 0.29) is 5.91 Å². The third kappa shape index (κ3) is 2.70. The summed E-state index contributed by atoms with van der Waals surface area (Å²) in [5.74, 6) is 0.168. The van der Waals surface area contributed by atoms with Crippen LogP contribution >= 0.6 is 11.6 Å². The number of pyridine rings is 1. The molecule has 0 unspecified atom stereocenters. The van der Waals surface area contributed by atoms with Gasteiger partial charge in [-0.3, -0.25) is 9.78 Å². The predicted octanol–water partition coefficient (Wildman–Crippen LogP) is 3.59. The highest BCUT2D eigenvalue weighted by atomic mass is 35.5. The van der Waals surface area contributed by atoms with Crippen molar-refractivity contribution in [1.82, 2.24) is 14.5 Å². The van der Waals surface area contributed by atoms with Crippen LogP contribution in [0.3, 0.4) is 0 Å². The van der Waals surface area contributed by atoms with Gasteiger partial charge in [-0.05, 0) is 36.2 Å². The Morgan fingerprint density at radius 3 is 2.78 bits per heavy atom. The minimum absolute atomic E-state index is 0.168. The van der Waals surface area contributed by atoms with E-state index in [1.54, 1.807) is 0 Å². The van der Waals surface area contributed by atoms with E-state index in [9.17, 15) is 4.79 Å². The number of hydrogen-bond acceptors (Lipinski definition) is 2. The molecule has 0 spiro atoms. The molecule has 2 aromatic heterocycles. The van der Waals surface area contributed by atoms with Crippen molar-refractivity contribution >= 4 is 28.5 Å². The van der Waals surface area contributed by atoms with Crippen LogP contribution in [-0.4, -0.2) is 33.4 Å². The Morgan fingerprint density at radius 2 is 2.04 bits per heavy atom. The first-order valence-corrected chi connectivity index (χ1v) is 8.07. The SMILES string of the molecule is O=C(Cn1ccc2ncc(-c3cccc(Cl)c3)cc21)N1CCC1. The quantitative estimate of drug-likeness (QED) is 0.738. The summed E-state index contributed by atoms with van der Waals surface area (Å²) in [4.78, 5) is 18.6. The Balaban J connectivity index is 1.69. The minimum Gasteiger partial charge on any atom is -0.341 e. The Hall–Kier alpha value is -2.33. The van der Waals surface area contributed by atoms with Crippen molar-refractivity contribution in [1.29, 1.82) is 0 Å². The van der Waals surface area contributed by atoms with E-state index < -0.39 is 0 Å². The number of rotatable bonds is 3. The molecule has 0 bridgehead atoms. The average molecular weight is 326 g/mol. The monoisotopic (exact) mass is 325 g/mol. The van der Waals surface area contributed by atoms with Crippen LogP contribution in [0.2, 0.25) is 5.02 Å². The molecule has 1 aliphatic heterocycles. The van der Waals surface area contributed by atoms with Crippen molar-refractivity contribution in [3.8, 4) is 11.1 Å². The van der Waals surface area contributed by atoms with Crippen LogP contribution in [0, 0.1) is 0 Å². The second-order valence-corrected chi connectivity index (χ2v) is 6.25. The molecule has 0 N–H and O–H groups in total. The number of aromatic nitrogens is 2. The maximum atomic E-state index is 12.2. The maximum Gasteiger partial charge on any atom is 0.242 e. The standard InChI is InChI=1S/C18H16ClN3O/c19-15-4-1-3-13(9-15)14-10-17-16(20-11-14)5-8-22(17)12-18(23)21-6-2-7-21/h1,3-5,8-11H,2,6-7,12H2. The summed E-state index contributed by atoms with van der Waals surface area (Å²) in [6.07, 6.45) is 4.88. The van der Waals surface area contributed by atoms with Gasteiger partial charge in [-0.2, -0.15) is 0 Å². The number of carbonyl (C=O) groups excluding carboxylic acids is 1. The van der Waals surface area contributed by atoms with Crippen LogP contribution in [-0.2, 0) is 11.3 Å². The van der Waals surface area contributed by atoms with E-state index in [1.807, 2.05) is 52.2 Å². The summed E-state index contributed by atoms with van der Waals surface area (Å²) < 4.78 is 1.97. The fraction of sp³-hybridized carbons (Fsp3) is 0.222. The van der Waals surface area contributed by atoms with Crippen LogP contribution in [0.5, 0.6) is 0 Å². The van der Waals surface area contributed by atoms with Gasteiger partial charge in [0.2, 0.25) is 5.91 Å². The summed E-state index contributed by atoms with van der Waals surface area (Å²) in [5.41, 5.74) is 3.88. The molecule has 0 aliphatic carbocycles. The van der Waals surface area contributed by atoms with Crippen LogP contribution in [0.4, 0.5) is 0 Å². The molecular weight excluding hydrogens is 310 g/mol. The summed E-state index contributed by atoms with van der Waals surface area (Å²) in [6, 6.07) is 11.7. The lowest BCUT2D eigenvalue weighted by molar-refractivity contribution is -0.135. The first-order chi connectivity index (χ1) is 11.2. The van der Waals surface area contributed by atoms with Crippen LogP contribution in [0.15, 0.2) is 48.8 Å². The molecule has 3 heterocycles. The van der Waals surface area contributed by atoms with E-state index in [0.717, 1.165) is 41.7 Å². The van der Waals surface area contributed by atoms with Gasteiger partial charge in [-0.15, -0.1) is 0 Å². The molecule has 5 heteroatoms. The Morgan fingerprint density at radius 1 is 1.17 bits per heavy atom. The normalized spacial score (nSPS) is 14.0. The number of carbonyl (C=O) groups is 1. The summed E-state index contributed by atoms with van der Waals surface area (Å²) in [6.45, 7) is 2.12. The molecule has 0 saturated carbocycles. The van der Waals surface area contributed by atoms with Crippen molar-refractivity contribution in [2.75, 3.05) is 13.1 Å². The van der Waals surface area contributed by atoms with Gasteiger partial charge in [-0.25, -0.2) is 0 Å². The summed E-state index contributed by atoms with van der Waals surface area (Å²) in [5, 5.41) is 0.700. The van der Waals surface area contributed by atoms with E-state index in [2.05, 4.69) is 11.1 Å². The zero-order valence-electron chi connectivity index (χ0n) is 12.6. The number of hydrogen-bond donors (Lipinski definition) is 0. The van der Waals surface area contributed by atoms with E-state index in [1.165, 1.54) is 0 Å². The second-order valence-electron chi connectivity index (χ2n) is 5.82. The third-order valence-corrected chi connectivity index (χ3v) is 4.53. The minimum atomic E-state index is 0.168. The topological polar surface area (TPSA) is 38.1 Å². The second kappa shape index (κ2) is 5.70. The Bertz CT molecular complexity index is 883. The first kappa shape index (κ1) is 14.3. The molecule has 116 valence electrons. The highest BCUT2D eigenvalue weighted by molar-refractivity contribution is 6.30. The molecule has 4 rings (SSSR count). The smallest absolute Gasteiger partial charge is 0.242 e.